The molecule has 1 amide bonds. The zero-order valence-corrected chi connectivity index (χ0v) is 20.2. The van der Waals surface area contributed by atoms with Crippen LogP contribution in [0.4, 0.5) is 4.79 Å². The summed E-state index contributed by atoms with van der Waals surface area (Å²) in [4.78, 5) is 12.4. The number of nitrogens with one attached hydrogen (secondary N) is 1. The minimum atomic E-state index is -3.72. The Kier molecular flexibility index (Phi) is 6.55. The molecule has 1 N–H and O–H groups in total. The summed E-state index contributed by atoms with van der Waals surface area (Å²) in [5.74, 6) is 0.483. The quantitative estimate of drug-likeness (QED) is 0.592. The van der Waals surface area contributed by atoms with Gasteiger partial charge in [0.2, 0.25) is 9.84 Å². The number of sulfone groups is 1. The van der Waals surface area contributed by atoms with Gasteiger partial charge in [0.15, 0.2) is 0 Å². The van der Waals surface area contributed by atoms with Gasteiger partial charge in [0.05, 0.1) is 16.9 Å². The molecular formula is C24H30N2O5S. The molecule has 32 heavy (non-hydrogen) atoms. The van der Waals surface area contributed by atoms with E-state index < -0.39 is 21.5 Å². The molecule has 0 spiro atoms. The second-order valence-corrected chi connectivity index (χ2v) is 10.6. The van der Waals surface area contributed by atoms with Gasteiger partial charge >= 0.3 is 6.09 Å². The van der Waals surface area contributed by atoms with Crippen LogP contribution in [0.2, 0.25) is 0 Å². The number of rotatable bonds is 6. The van der Waals surface area contributed by atoms with Gasteiger partial charge in [0, 0.05) is 30.2 Å². The van der Waals surface area contributed by atoms with Crippen LogP contribution in [-0.4, -0.2) is 38.3 Å². The third-order valence-electron chi connectivity index (χ3n) is 5.30. The monoisotopic (exact) mass is 458 g/mol. The van der Waals surface area contributed by atoms with Crippen molar-refractivity contribution in [3.05, 3.63) is 53.7 Å². The first-order valence-electron chi connectivity index (χ1n) is 10.4. The molecule has 7 nitrogen and oxygen atoms in total. The molecule has 0 aliphatic carbocycles. The van der Waals surface area contributed by atoms with E-state index in [9.17, 15) is 13.2 Å². The van der Waals surface area contributed by atoms with Crippen molar-refractivity contribution in [1.82, 2.24) is 9.88 Å². The number of nitrogens with zero attached hydrogens (tertiary/aromatic N) is 1. The topological polar surface area (TPSA) is 86.6 Å². The Bertz CT molecular complexity index is 1250. The highest BCUT2D eigenvalue weighted by atomic mass is 32.2. The van der Waals surface area contributed by atoms with E-state index in [1.54, 1.807) is 30.3 Å². The van der Waals surface area contributed by atoms with Crippen molar-refractivity contribution in [3.63, 3.8) is 0 Å². The number of hydrogen-bond acceptors (Lipinski definition) is 5. The van der Waals surface area contributed by atoms with Crippen LogP contribution < -0.4 is 10.1 Å². The van der Waals surface area contributed by atoms with Crippen molar-refractivity contribution in [2.75, 3.05) is 13.7 Å². The summed E-state index contributed by atoms with van der Waals surface area (Å²) in [6.45, 7) is 7.80. The maximum atomic E-state index is 13.2. The molecule has 1 aromatic heterocycles. The minimum absolute atomic E-state index is 0.178. The maximum Gasteiger partial charge on any atom is 0.407 e. The smallest absolute Gasteiger partial charge is 0.407 e. The summed E-state index contributed by atoms with van der Waals surface area (Å²) in [6, 6.07) is 11.6. The van der Waals surface area contributed by atoms with Gasteiger partial charge in [-0.05, 0) is 76.1 Å². The number of benzene rings is 2. The molecule has 0 aliphatic rings. The van der Waals surface area contributed by atoms with Crippen LogP contribution in [0, 0.1) is 6.92 Å². The van der Waals surface area contributed by atoms with E-state index >= 15 is 0 Å². The number of amides is 1. The number of hydrogen-bond donors (Lipinski definition) is 1. The Morgan fingerprint density at radius 1 is 1.09 bits per heavy atom. The fourth-order valence-corrected chi connectivity index (χ4v) is 4.94. The third kappa shape index (κ3) is 4.91. The molecule has 0 aliphatic heterocycles. The summed E-state index contributed by atoms with van der Waals surface area (Å²) in [5.41, 5.74) is 2.37. The third-order valence-corrected chi connectivity index (χ3v) is 7.05. The molecule has 2 aromatic carbocycles. The van der Waals surface area contributed by atoms with Gasteiger partial charge in [-0.3, -0.25) is 0 Å². The van der Waals surface area contributed by atoms with Crippen molar-refractivity contribution in [3.8, 4) is 5.75 Å². The van der Waals surface area contributed by atoms with E-state index in [1.807, 2.05) is 45.4 Å². The highest BCUT2D eigenvalue weighted by Gasteiger charge is 2.21. The molecule has 0 unspecified atom stereocenters. The summed E-state index contributed by atoms with van der Waals surface area (Å²) in [6.07, 6.45) is 0.0714. The van der Waals surface area contributed by atoms with Crippen LogP contribution >= 0.6 is 0 Å². The van der Waals surface area contributed by atoms with Gasteiger partial charge in [-0.2, -0.15) is 0 Å². The molecule has 3 rings (SSSR count). The van der Waals surface area contributed by atoms with Crippen LogP contribution in [0.5, 0.6) is 5.75 Å². The molecule has 0 radical (unpaired) electrons. The number of aromatic nitrogens is 1. The molecule has 0 fully saturated rings. The van der Waals surface area contributed by atoms with E-state index in [4.69, 9.17) is 9.47 Å². The average Bonchev–Trinajstić information content (AvgIpc) is 2.97. The van der Waals surface area contributed by atoms with E-state index in [0.717, 1.165) is 22.2 Å². The predicted octanol–water partition coefficient (Wildman–Crippen LogP) is 4.40. The van der Waals surface area contributed by atoms with Gasteiger partial charge < -0.3 is 19.4 Å². The largest absolute Gasteiger partial charge is 0.497 e. The molecule has 172 valence electrons. The Balaban J connectivity index is 1.93. The molecule has 1 heterocycles. The molecular weight excluding hydrogens is 428 g/mol. The Morgan fingerprint density at radius 2 is 1.78 bits per heavy atom. The van der Waals surface area contributed by atoms with Crippen molar-refractivity contribution >= 4 is 26.8 Å². The lowest BCUT2D eigenvalue weighted by atomic mass is 10.1. The highest BCUT2D eigenvalue weighted by Crippen LogP contribution is 2.31. The summed E-state index contributed by atoms with van der Waals surface area (Å²) in [7, 11) is -0.271. The predicted molar refractivity (Wildman–Crippen MR) is 124 cm³/mol. The minimum Gasteiger partial charge on any atom is -0.497 e. The molecule has 0 saturated carbocycles. The number of fused-ring (bicyclic) bond motifs is 1. The number of carbonyl (C=O) groups excluding carboxylic acids is 1. The van der Waals surface area contributed by atoms with Crippen molar-refractivity contribution in [1.29, 1.82) is 0 Å². The first-order chi connectivity index (χ1) is 14.9. The van der Waals surface area contributed by atoms with E-state index in [1.165, 1.54) is 13.2 Å². The molecule has 0 bridgehead atoms. The summed E-state index contributed by atoms with van der Waals surface area (Å²) < 4.78 is 39.0. The Morgan fingerprint density at radius 3 is 2.44 bits per heavy atom. The van der Waals surface area contributed by atoms with Gasteiger partial charge in [0.25, 0.3) is 0 Å². The van der Waals surface area contributed by atoms with Gasteiger partial charge in [0.1, 0.15) is 11.4 Å². The van der Waals surface area contributed by atoms with Crippen molar-refractivity contribution in [2.24, 2.45) is 7.05 Å². The normalized spacial score (nSPS) is 12.1. The number of ether oxygens (including phenoxy) is 2. The van der Waals surface area contributed by atoms with E-state index in [0.29, 0.717) is 18.7 Å². The van der Waals surface area contributed by atoms with Gasteiger partial charge in [-0.1, -0.05) is 6.07 Å². The van der Waals surface area contributed by atoms with Gasteiger partial charge in [-0.25, -0.2) is 13.2 Å². The van der Waals surface area contributed by atoms with Crippen LogP contribution in [0.3, 0.4) is 0 Å². The second kappa shape index (κ2) is 8.86. The van der Waals surface area contributed by atoms with E-state index in [2.05, 4.69) is 5.32 Å². The van der Waals surface area contributed by atoms with Crippen molar-refractivity contribution < 1.29 is 22.7 Å². The number of aryl methyl sites for hydroxylation is 1. The lowest BCUT2D eigenvalue weighted by molar-refractivity contribution is 0.0528. The average molecular weight is 459 g/mol. The van der Waals surface area contributed by atoms with Crippen LogP contribution in [0.15, 0.2) is 52.3 Å². The fraction of sp³-hybridized carbons (Fsp3) is 0.375. The van der Waals surface area contributed by atoms with Crippen LogP contribution in [0.1, 0.15) is 32.0 Å². The molecule has 3 aromatic rings. The highest BCUT2D eigenvalue weighted by molar-refractivity contribution is 7.91. The summed E-state index contributed by atoms with van der Waals surface area (Å²) >= 11 is 0. The fourth-order valence-electron chi connectivity index (χ4n) is 3.62. The lowest BCUT2D eigenvalue weighted by Gasteiger charge is -2.19. The number of methoxy groups -OCH3 is 1. The zero-order valence-electron chi connectivity index (χ0n) is 19.4. The number of alkyl carbamates (subject to hydrolysis) is 1. The number of carbonyl (C=O) groups is 1. The Hall–Kier alpha value is -3.00. The SMILES string of the molecule is COc1cccc(S(=O)(=O)c2ccc3c(c2)c(CCNC(=O)OC(C)(C)C)c(C)n3C)c1. The first-order valence-corrected chi connectivity index (χ1v) is 11.9. The Labute approximate surface area is 189 Å². The lowest BCUT2D eigenvalue weighted by Crippen LogP contribution is -2.33. The first kappa shape index (κ1) is 23.7. The second-order valence-electron chi connectivity index (χ2n) is 8.66. The summed E-state index contributed by atoms with van der Waals surface area (Å²) in [5, 5.41) is 3.62. The molecule has 0 saturated heterocycles. The maximum absolute atomic E-state index is 13.2. The van der Waals surface area contributed by atoms with E-state index in [-0.39, 0.29) is 9.79 Å². The standard InChI is InChI=1S/C24H30N2O5S/c1-16-20(12-13-25-23(27)31-24(2,3)4)21-15-19(10-11-22(21)26(16)5)32(28,29)18-9-7-8-17(14-18)30-6/h7-11,14-15H,12-13H2,1-6H3,(H,25,27). The van der Waals surface area contributed by atoms with Gasteiger partial charge in [-0.15, -0.1) is 0 Å². The van der Waals surface area contributed by atoms with Crippen molar-refractivity contribution in [2.45, 2.75) is 49.5 Å². The zero-order chi connectivity index (χ0) is 23.7. The molecule has 8 heteroatoms. The van der Waals surface area contributed by atoms with Crippen LogP contribution in [0.25, 0.3) is 10.9 Å². The van der Waals surface area contributed by atoms with Crippen LogP contribution in [-0.2, 0) is 28.0 Å². The molecule has 0 atom stereocenters.